The molecule has 0 aromatic heterocycles. The highest BCUT2D eigenvalue weighted by atomic mass is 32.2. The Morgan fingerprint density at radius 1 is 1.17 bits per heavy atom. The summed E-state index contributed by atoms with van der Waals surface area (Å²) in [6, 6.07) is 11.8. The fourth-order valence-electron chi connectivity index (χ4n) is 3.08. The number of hydrogen-bond acceptors (Lipinski definition) is 6. The third kappa shape index (κ3) is 5.15. The molecule has 1 heterocycles. The van der Waals surface area contributed by atoms with Crippen molar-refractivity contribution in [1.29, 1.82) is 0 Å². The number of sulfonamides is 1. The molecule has 0 aliphatic carbocycles. The highest BCUT2D eigenvalue weighted by Gasteiger charge is 2.27. The molecule has 2 aromatic carbocycles. The second-order valence-corrected chi connectivity index (χ2v) is 9.78. The van der Waals surface area contributed by atoms with Crippen molar-refractivity contribution in [3.63, 3.8) is 0 Å². The van der Waals surface area contributed by atoms with E-state index in [1.807, 2.05) is 32.2 Å². The van der Waals surface area contributed by atoms with Crippen molar-refractivity contribution in [3.8, 4) is 5.75 Å². The number of benzene rings is 2. The molecule has 0 bridgehead atoms. The van der Waals surface area contributed by atoms with E-state index in [1.165, 1.54) is 28.2 Å². The Morgan fingerprint density at radius 2 is 1.87 bits per heavy atom. The summed E-state index contributed by atoms with van der Waals surface area (Å²) in [5.41, 5.74) is 0.834. The lowest BCUT2D eigenvalue weighted by Crippen LogP contribution is -2.40. The highest BCUT2D eigenvalue weighted by Crippen LogP contribution is 2.31. The molecule has 0 saturated carbocycles. The van der Waals surface area contributed by atoms with Gasteiger partial charge in [-0.1, -0.05) is 12.1 Å². The zero-order valence-electron chi connectivity index (χ0n) is 17.3. The van der Waals surface area contributed by atoms with Gasteiger partial charge in [0.15, 0.2) is 0 Å². The van der Waals surface area contributed by atoms with E-state index in [1.54, 1.807) is 18.2 Å². The highest BCUT2D eigenvalue weighted by molar-refractivity contribution is 7.98. The smallest absolute Gasteiger partial charge is 0.256 e. The number of rotatable bonds is 7. The van der Waals surface area contributed by atoms with Crippen LogP contribution in [-0.4, -0.2) is 57.3 Å². The Hall–Kier alpha value is -2.07. The first kappa shape index (κ1) is 22.6. The number of thioether (sulfide) groups is 1. The number of amides is 1. The van der Waals surface area contributed by atoms with Gasteiger partial charge in [-0.05, 0) is 50.4 Å². The van der Waals surface area contributed by atoms with Crippen molar-refractivity contribution in [2.45, 2.75) is 29.7 Å². The van der Waals surface area contributed by atoms with Gasteiger partial charge >= 0.3 is 0 Å². The van der Waals surface area contributed by atoms with E-state index in [0.717, 1.165) is 4.90 Å². The topological polar surface area (TPSA) is 84.9 Å². The van der Waals surface area contributed by atoms with Crippen LogP contribution in [0.2, 0.25) is 0 Å². The maximum absolute atomic E-state index is 13.0. The molecule has 1 fully saturated rings. The summed E-state index contributed by atoms with van der Waals surface area (Å²) in [5, 5.41) is 2.84. The van der Waals surface area contributed by atoms with E-state index in [2.05, 4.69) is 5.32 Å². The number of nitrogens with zero attached hydrogens (tertiary/aromatic N) is 1. The molecule has 1 N–H and O–H groups in total. The van der Waals surface area contributed by atoms with Gasteiger partial charge < -0.3 is 14.8 Å². The van der Waals surface area contributed by atoms with Crippen molar-refractivity contribution in [3.05, 3.63) is 48.0 Å². The number of carbonyl (C=O) groups excluding carboxylic acids is 1. The Labute approximate surface area is 181 Å². The molecular formula is C21H26N2O5S2. The molecular weight excluding hydrogens is 424 g/mol. The van der Waals surface area contributed by atoms with E-state index in [9.17, 15) is 13.2 Å². The molecule has 2 aromatic rings. The van der Waals surface area contributed by atoms with Crippen molar-refractivity contribution in [2.75, 3.05) is 37.9 Å². The minimum atomic E-state index is -3.70. The fourth-order valence-corrected chi connectivity index (χ4v) is 5.11. The average Bonchev–Trinajstić information content (AvgIpc) is 2.75. The predicted molar refractivity (Wildman–Crippen MR) is 118 cm³/mol. The normalized spacial score (nSPS) is 15.2. The summed E-state index contributed by atoms with van der Waals surface area (Å²) in [5.74, 6) is 0.0930. The van der Waals surface area contributed by atoms with Crippen LogP contribution < -0.4 is 10.1 Å². The van der Waals surface area contributed by atoms with Crippen LogP contribution in [-0.2, 0) is 14.8 Å². The molecule has 30 heavy (non-hydrogen) atoms. The van der Waals surface area contributed by atoms with Gasteiger partial charge in [-0.2, -0.15) is 4.31 Å². The predicted octanol–water partition coefficient (Wildman–Crippen LogP) is 3.47. The van der Waals surface area contributed by atoms with Crippen molar-refractivity contribution < 1.29 is 22.7 Å². The van der Waals surface area contributed by atoms with Gasteiger partial charge in [0.1, 0.15) is 5.75 Å². The minimum Gasteiger partial charge on any atom is -0.489 e. The van der Waals surface area contributed by atoms with Gasteiger partial charge in [-0.25, -0.2) is 8.42 Å². The van der Waals surface area contributed by atoms with Gasteiger partial charge in [0.05, 0.1) is 35.5 Å². The lowest BCUT2D eigenvalue weighted by molar-refractivity contribution is 0.0730. The summed E-state index contributed by atoms with van der Waals surface area (Å²) in [6.07, 6.45) is 1.76. The first-order valence-electron chi connectivity index (χ1n) is 9.66. The third-order valence-electron chi connectivity index (χ3n) is 4.52. The van der Waals surface area contributed by atoms with E-state index in [-0.39, 0.29) is 16.9 Å². The molecule has 0 unspecified atom stereocenters. The lowest BCUT2D eigenvalue weighted by Gasteiger charge is -2.26. The molecule has 1 aliphatic rings. The fraction of sp³-hybridized carbons (Fsp3) is 0.381. The van der Waals surface area contributed by atoms with Crippen molar-refractivity contribution in [2.24, 2.45) is 0 Å². The van der Waals surface area contributed by atoms with E-state index >= 15 is 0 Å². The number of nitrogens with one attached hydrogen (secondary N) is 1. The van der Waals surface area contributed by atoms with Gasteiger partial charge in [0.2, 0.25) is 10.0 Å². The van der Waals surface area contributed by atoms with Crippen LogP contribution in [0.4, 0.5) is 5.69 Å². The molecule has 0 radical (unpaired) electrons. The maximum atomic E-state index is 13.0. The first-order chi connectivity index (χ1) is 14.3. The first-order valence-corrected chi connectivity index (χ1v) is 12.3. The Balaban J connectivity index is 1.96. The SMILES string of the molecule is CSc1ccccc1C(=O)Nc1cc(S(=O)(=O)N2CCOCC2)ccc1OC(C)C. The van der Waals surface area contributed by atoms with Crippen LogP contribution in [0.15, 0.2) is 52.3 Å². The van der Waals surface area contributed by atoms with Gasteiger partial charge in [0, 0.05) is 18.0 Å². The molecule has 1 aliphatic heterocycles. The summed E-state index contributed by atoms with van der Waals surface area (Å²) in [4.78, 5) is 13.9. The monoisotopic (exact) mass is 450 g/mol. The molecule has 7 nitrogen and oxygen atoms in total. The third-order valence-corrected chi connectivity index (χ3v) is 7.21. The number of anilines is 1. The Kier molecular flexibility index (Phi) is 7.41. The molecule has 3 rings (SSSR count). The maximum Gasteiger partial charge on any atom is 0.256 e. The van der Waals surface area contributed by atoms with Crippen molar-refractivity contribution in [1.82, 2.24) is 4.31 Å². The summed E-state index contributed by atoms with van der Waals surface area (Å²) in [7, 11) is -3.70. The van der Waals surface area contributed by atoms with Crippen LogP contribution >= 0.6 is 11.8 Å². The quantitative estimate of drug-likeness (QED) is 0.650. The molecule has 9 heteroatoms. The molecule has 0 atom stereocenters. The van der Waals surface area contributed by atoms with E-state index < -0.39 is 10.0 Å². The molecule has 0 spiro atoms. The number of carbonyl (C=O) groups is 1. The average molecular weight is 451 g/mol. The van der Waals surface area contributed by atoms with Gasteiger partial charge in [-0.15, -0.1) is 11.8 Å². The van der Waals surface area contributed by atoms with Crippen LogP contribution in [0.5, 0.6) is 5.75 Å². The largest absolute Gasteiger partial charge is 0.489 e. The lowest BCUT2D eigenvalue weighted by atomic mass is 10.2. The summed E-state index contributed by atoms with van der Waals surface area (Å²) < 4.78 is 38.5. The minimum absolute atomic E-state index is 0.106. The Bertz CT molecular complexity index is 1000. The summed E-state index contributed by atoms with van der Waals surface area (Å²) in [6.45, 7) is 5.07. The van der Waals surface area contributed by atoms with E-state index in [4.69, 9.17) is 9.47 Å². The molecule has 1 saturated heterocycles. The molecule has 162 valence electrons. The van der Waals surface area contributed by atoms with Gasteiger partial charge in [-0.3, -0.25) is 4.79 Å². The second-order valence-electron chi connectivity index (χ2n) is 7.00. The van der Waals surface area contributed by atoms with Crippen LogP contribution in [0.1, 0.15) is 24.2 Å². The van der Waals surface area contributed by atoms with Crippen LogP contribution in [0, 0.1) is 0 Å². The summed E-state index contributed by atoms with van der Waals surface area (Å²) >= 11 is 1.47. The zero-order chi connectivity index (χ0) is 21.7. The van der Waals surface area contributed by atoms with Crippen LogP contribution in [0.25, 0.3) is 0 Å². The van der Waals surface area contributed by atoms with E-state index in [0.29, 0.717) is 43.3 Å². The number of morpholine rings is 1. The van der Waals surface area contributed by atoms with Crippen LogP contribution in [0.3, 0.4) is 0 Å². The van der Waals surface area contributed by atoms with Gasteiger partial charge in [0.25, 0.3) is 5.91 Å². The second kappa shape index (κ2) is 9.82. The Morgan fingerprint density at radius 3 is 2.53 bits per heavy atom. The molecule has 1 amide bonds. The standard InChI is InChI=1S/C21H26N2O5S2/c1-15(2)28-19-9-8-16(30(25,26)23-10-12-27-13-11-23)14-18(19)22-21(24)17-6-4-5-7-20(17)29-3/h4-9,14-15H,10-13H2,1-3H3,(H,22,24). The van der Waals surface area contributed by atoms with Crippen molar-refractivity contribution >= 4 is 33.4 Å². The number of ether oxygens (including phenoxy) is 2. The number of hydrogen-bond donors (Lipinski definition) is 1. The zero-order valence-corrected chi connectivity index (χ0v) is 18.9.